The lowest BCUT2D eigenvalue weighted by atomic mass is 10.0. The molecule has 218 valence electrons. The number of pyridine rings is 2. The summed E-state index contributed by atoms with van der Waals surface area (Å²) in [6, 6.07) is 10.5. The number of hydrogen-bond acceptors (Lipinski definition) is 7. The van der Waals surface area contributed by atoms with Crippen molar-refractivity contribution in [1.82, 2.24) is 24.6 Å². The maximum atomic E-state index is 13.9. The topological polar surface area (TPSA) is 121 Å². The van der Waals surface area contributed by atoms with Crippen LogP contribution in [0.5, 0.6) is 5.75 Å². The standard InChI is InChI=1S/C28H25F3N6O2.CH2O2/c1-39-23-6-7-26-34-16-22(37(26)18-23)5-2-19-8-9-33-25(14-19)35-27(38)20-3-4-21(24(15-20)28(29,30)31)17-36-12-10-32-11-13-36;2-1-3/h3-4,6-9,14-16,18,32H,10-13,17H2,1H3,(H,33,35,38);1H,(H,2,3). The SMILES string of the molecule is COc1ccc2ncc(C#Cc3ccnc(NC(=O)c4ccc(CN5CCNCC5)c(C(F)(F)F)c4)c3)n2c1.O=CO. The number of hydrogen-bond donors (Lipinski definition) is 3. The molecule has 10 nitrogen and oxygen atoms in total. The summed E-state index contributed by atoms with van der Waals surface area (Å²) in [5, 5.41) is 12.6. The molecule has 1 aromatic carbocycles. The summed E-state index contributed by atoms with van der Waals surface area (Å²) in [6.45, 7) is 2.70. The van der Waals surface area contributed by atoms with Crippen molar-refractivity contribution in [2.45, 2.75) is 12.7 Å². The van der Waals surface area contributed by atoms with Crippen molar-refractivity contribution in [2.24, 2.45) is 0 Å². The van der Waals surface area contributed by atoms with Crippen LogP contribution in [0.25, 0.3) is 5.65 Å². The lowest BCUT2D eigenvalue weighted by Crippen LogP contribution is -2.43. The van der Waals surface area contributed by atoms with Gasteiger partial charge in [0.25, 0.3) is 12.4 Å². The summed E-state index contributed by atoms with van der Waals surface area (Å²) in [4.78, 5) is 31.6. The number of amides is 1. The highest BCUT2D eigenvalue weighted by Gasteiger charge is 2.34. The van der Waals surface area contributed by atoms with Gasteiger partial charge < -0.3 is 20.5 Å². The molecule has 4 heterocycles. The first-order valence-electron chi connectivity index (χ1n) is 12.7. The normalized spacial score (nSPS) is 13.3. The van der Waals surface area contributed by atoms with Crippen molar-refractivity contribution < 1.29 is 32.6 Å². The Labute approximate surface area is 239 Å². The van der Waals surface area contributed by atoms with Gasteiger partial charge in [0.2, 0.25) is 0 Å². The van der Waals surface area contributed by atoms with E-state index < -0.39 is 17.6 Å². The number of alkyl halides is 3. The maximum Gasteiger partial charge on any atom is 0.416 e. The molecule has 1 aliphatic rings. The van der Waals surface area contributed by atoms with E-state index in [-0.39, 0.29) is 30.0 Å². The number of carbonyl (C=O) groups excluding carboxylic acids is 1. The number of carbonyl (C=O) groups is 2. The Kier molecular flexibility index (Phi) is 9.74. The molecular weight excluding hydrogens is 553 g/mol. The number of ether oxygens (including phenoxy) is 1. The van der Waals surface area contributed by atoms with Crippen LogP contribution < -0.4 is 15.4 Å². The monoisotopic (exact) mass is 580 g/mol. The smallest absolute Gasteiger partial charge is 0.416 e. The minimum Gasteiger partial charge on any atom is -0.495 e. The van der Waals surface area contributed by atoms with Crippen LogP contribution in [0.4, 0.5) is 19.0 Å². The molecule has 0 radical (unpaired) electrons. The molecule has 1 fully saturated rings. The highest BCUT2D eigenvalue weighted by atomic mass is 19.4. The van der Waals surface area contributed by atoms with Crippen LogP contribution in [-0.2, 0) is 17.5 Å². The maximum absolute atomic E-state index is 13.9. The van der Waals surface area contributed by atoms with Crippen molar-refractivity contribution >= 4 is 23.8 Å². The number of fused-ring (bicyclic) bond motifs is 1. The third-order valence-electron chi connectivity index (χ3n) is 6.33. The van der Waals surface area contributed by atoms with E-state index in [0.717, 1.165) is 19.2 Å². The number of halogens is 3. The average molecular weight is 581 g/mol. The zero-order chi connectivity index (χ0) is 30.1. The molecule has 3 N–H and O–H groups in total. The van der Waals surface area contributed by atoms with E-state index in [1.54, 1.807) is 42.1 Å². The van der Waals surface area contributed by atoms with E-state index in [1.165, 1.54) is 18.3 Å². The zero-order valence-electron chi connectivity index (χ0n) is 22.5. The van der Waals surface area contributed by atoms with Gasteiger partial charge in [0.15, 0.2) is 0 Å². The van der Waals surface area contributed by atoms with E-state index >= 15 is 0 Å². The number of benzene rings is 1. The fourth-order valence-electron chi connectivity index (χ4n) is 4.31. The molecule has 13 heteroatoms. The predicted octanol–water partition coefficient (Wildman–Crippen LogP) is 3.51. The summed E-state index contributed by atoms with van der Waals surface area (Å²) in [6.07, 6.45) is 0.286. The van der Waals surface area contributed by atoms with E-state index in [1.807, 2.05) is 11.0 Å². The van der Waals surface area contributed by atoms with Crippen molar-refractivity contribution in [3.8, 4) is 17.6 Å². The molecule has 4 aromatic rings. The van der Waals surface area contributed by atoms with Crippen molar-refractivity contribution in [2.75, 3.05) is 38.6 Å². The first kappa shape index (κ1) is 30.0. The van der Waals surface area contributed by atoms with E-state index in [4.69, 9.17) is 14.6 Å². The second-order valence-electron chi connectivity index (χ2n) is 9.08. The molecular formula is C29H27F3N6O4. The van der Waals surface area contributed by atoms with Crippen molar-refractivity contribution in [1.29, 1.82) is 0 Å². The second kappa shape index (κ2) is 13.6. The average Bonchev–Trinajstić information content (AvgIpc) is 3.39. The number of anilines is 1. The van der Waals surface area contributed by atoms with Crippen molar-refractivity contribution in [3.63, 3.8) is 0 Å². The van der Waals surface area contributed by atoms with Crippen LogP contribution in [0.1, 0.15) is 32.7 Å². The summed E-state index contributed by atoms with van der Waals surface area (Å²) in [7, 11) is 1.57. The molecule has 1 amide bonds. The fourth-order valence-corrected chi connectivity index (χ4v) is 4.31. The quantitative estimate of drug-likeness (QED) is 0.242. The van der Waals surface area contributed by atoms with Crippen molar-refractivity contribution in [3.05, 3.63) is 89.0 Å². The molecule has 0 spiro atoms. The summed E-state index contributed by atoms with van der Waals surface area (Å²) < 4.78 is 48.6. The molecule has 0 aliphatic carbocycles. The molecule has 42 heavy (non-hydrogen) atoms. The van der Waals surface area contributed by atoms with E-state index in [2.05, 4.69) is 32.4 Å². The zero-order valence-corrected chi connectivity index (χ0v) is 22.5. The van der Waals surface area contributed by atoms with Crippen LogP contribution in [0.2, 0.25) is 0 Å². The third kappa shape index (κ3) is 7.62. The molecule has 0 bridgehead atoms. The van der Waals surface area contributed by atoms with Gasteiger partial charge >= 0.3 is 6.18 Å². The highest BCUT2D eigenvalue weighted by Crippen LogP contribution is 2.33. The minimum atomic E-state index is -4.59. The van der Waals surface area contributed by atoms with Gasteiger partial charge in [-0.3, -0.25) is 18.9 Å². The third-order valence-corrected chi connectivity index (χ3v) is 6.33. The molecule has 1 aliphatic heterocycles. The minimum absolute atomic E-state index is 0.107. The van der Waals surface area contributed by atoms with Crippen LogP contribution in [0.3, 0.4) is 0 Å². The number of piperazine rings is 1. The number of rotatable bonds is 5. The van der Waals surface area contributed by atoms with Gasteiger partial charge in [-0.1, -0.05) is 12.0 Å². The van der Waals surface area contributed by atoms with Gasteiger partial charge in [-0.05, 0) is 47.9 Å². The Balaban J connectivity index is 0.00000129. The molecule has 5 rings (SSSR count). The van der Waals surface area contributed by atoms with E-state index in [9.17, 15) is 18.0 Å². The fraction of sp³-hybridized carbons (Fsp3) is 0.241. The van der Waals surface area contributed by atoms with Gasteiger partial charge in [0, 0.05) is 50.0 Å². The first-order chi connectivity index (χ1) is 20.2. The Morgan fingerprint density at radius 2 is 1.90 bits per heavy atom. The number of methoxy groups -OCH3 is 1. The first-order valence-corrected chi connectivity index (χ1v) is 12.7. The van der Waals surface area contributed by atoms with Crippen LogP contribution in [0, 0.1) is 11.8 Å². The van der Waals surface area contributed by atoms with Gasteiger partial charge in [-0.15, -0.1) is 0 Å². The number of imidazole rings is 1. The second-order valence-corrected chi connectivity index (χ2v) is 9.08. The molecule has 1 saturated heterocycles. The number of aromatic nitrogens is 3. The summed E-state index contributed by atoms with van der Waals surface area (Å²) in [5.41, 5.74) is 1.11. The number of nitrogens with one attached hydrogen (secondary N) is 2. The highest BCUT2D eigenvalue weighted by molar-refractivity contribution is 6.04. The predicted molar refractivity (Wildman–Crippen MR) is 148 cm³/mol. The Morgan fingerprint density at radius 1 is 1.14 bits per heavy atom. The van der Waals surface area contributed by atoms with Gasteiger partial charge in [-0.25, -0.2) is 9.97 Å². The van der Waals surface area contributed by atoms with Gasteiger partial charge in [-0.2, -0.15) is 13.2 Å². The number of carboxylic acid groups (broad SMARTS) is 1. The molecule has 0 unspecified atom stereocenters. The largest absolute Gasteiger partial charge is 0.495 e. The summed E-state index contributed by atoms with van der Waals surface area (Å²) in [5.74, 6) is 6.17. The number of nitrogens with zero attached hydrogens (tertiary/aromatic N) is 4. The lowest BCUT2D eigenvalue weighted by molar-refractivity contribution is -0.138. The molecule has 0 atom stereocenters. The Bertz CT molecular complexity index is 1620. The lowest BCUT2D eigenvalue weighted by Gasteiger charge is -2.28. The van der Waals surface area contributed by atoms with Gasteiger partial charge in [0.05, 0.1) is 25.1 Å². The molecule has 3 aromatic heterocycles. The van der Waals surface area contributed by atoms with Crippen LogP contribution in [-0.4, -0.2) is 70.0 Å². The van der Waals surface area contributed by atoms with Crippen LogP contribution >= 0.6 is 0 Å². The van der Waals surface area contributed by atoms with Gasteiger partial charge in [0.1, 0.15) is 22.9 Å². The summed E-state index contributed by atoms with van der Waals surface area (Å²) >= 11 is 0. The Hall–Kier alpha value is -4.93. The molecule has 0 saturated carbocycles. The van der Waals surface area contributed by atoms with Crippen LogP contribution in [0.15, 0.2) is 61.1 Å². The van der Waals surface area contributed by atoms with E-state index in [0.29, 0.717) is 35.7 Å². The Morgan fingerprint density at radius 3 is 2.62 bits per heavy atom.